The maximum Gasteiger partial charge on any atom is 0.204 e. The van der Waals surface area contributed by atoms with E-state index < -0.39 is 0 Å². The first-order valence-electron chi connectivity index (χ1n) is 5.70. The van der Waals surface area contributed by atoms with Gasteiger partial charge < -0.3 is 5.32 Å². The summed E-state index contributed by atoms with van der Waals surface area (Å²) >= 11 is 0. The summed E-state index contributed by atoms with van der Waals surface area (Å²) in [5, 5.41) is 3.11. The first kappa shape index (κ1) is 11.4. The van der Waals surface area contributed by atoms with Crippen LogP contribution in [0.15, 0.2) is 48.7 Å². The van der Waals surface area contributed by atoms with Crippen molar-refractivity contribution in [2.24, 2.45) is 7.05 Å². The molecule has 0 fully saturated rings. The Labute approximate surface area is 102 Å². The van der Waals surface area contributed by atoms with Gasteiger partial charge in [0.25, 0.3) is 0 Å². The molecule has 0 radical (unpaired) electrons. The van der Waals surface area contributed by atoms with Crippen LogP contribution in [-0.2, 0) is 7.05 Å². The number of aryl methyl sites for hydroxylation is 1. The molecular formula is C15H17N2+. The molecule has 0 unspecified atom stereocenters. The molecule has 0 bridgehead atoms. The normalized spacial score (nSPS) is 10.7. The van der Waals surface area contributed by atoms with Crippen molar-refractivity contribution in [1.82, 2.24) is 0 Å². The lowest BCUT2D eigenvalue weighted by Gasteiger charge is -1.99. The summed E-state index contributed by atoms with van der Waals surface area (Å²) in [5.41, 5.74) is 3.52. The third kappa shape index (κ3) is 2.94. The summed E-state index contributed by atoms with van der Waals surface area (Å²) in [5.74, 6) is 0. The summed E-state index contributed by atoms with van der Waals surface area (Å²) in [7, 11) is 3.97. The van der Waals surface area contributed by atoms with Gasteiger partial charge in [0.2, 0.25) is 5.69 Å². The molecule has 1 aromatic carbocycles. The molecule has 0 atom stereocenters. The van der Waals surface area contributed by atoms with Crippen LogP contribution in [0.2, 0.25) is 0 Å². The minimum absolute atomic E-state index is 1.13. The van der Waals surface area contributed by atoms with Crippen LogP contribution in [0.5, 0.6) is 0 Å². The van der Waals surface area contributed by atoms with Crippen LogP contribution in [-0.4, -0.2) is 7.05 Å². The molecule has 2 rings (SSSR count). The van der Waals surface area contributed by atoms with Crippen molar-refractivity contribution in [3.63, 3.8) is 0 Å². The van der Waals surface area contributed by atoms with E-state index in [2.05, 4.69) is 52.4 Å². The average molecular weight is 225 g/mol. The number of hydrogen-bond donors (Lipinski definition) is 1. The van der Waals surface area contributed by atoms with Gasteiger partial charge in [0.05, 0.1) is 0 Å². The number of rotatable bonds is 3. The Bertz CT molecular complexity index is 513. The third-order valence-corrected chi connectivity index (χ3v) is 2.74. The second-order valence-corrected chi connectivity index (χ2v) is 3.94. The van der Waals surface area contributed by atoms with Gasteiger partial charge in [-0.3, -0.25) is 0 Å². The molecule has 2 heteroatoms. The average Bonchev–Trinajstić information content (AvgIpc) is 2.38. The maximum absolute atomic E-state index is 3.11. The lowest BCUT2D eigenvalue weighted by molar-refractivity contribution is -0.673. The van der Waals surface area contributed by atoms with Crippen molar-refractivity contribution < 1.29 is 4.57 Å². The van der Waals surface area contributed by atoms with Crippen LogP contribution < -0.4 is 9.88 Å². The van der Waals surface area contributed by atoms with Crippen LogP contribution in [0.3, 0.4) is 0 Å². The van der Waals surface area contributed by atoms with E-state index >= 15 is 0 Å². The van der Waals surface area contributed by atoms with E-state index in [1.165, 1.54) is 11.3 Å². The zero-order chi connectivity index (χ0) is 12.1. The number of nitrogens with zero attached hydrogens (tertiary/aromatic N) is 1. The van der Waals surface area contributed by atoms with E-state index in [0.717, 1.165) is 5.69 Å². The van der Waals surface area contributed by atoms with Gasteiger partial charge in [-0.05, 0) is 29.8 Å². The maximum atomic E-state index is 3.11. The highest BCUT2D eigenvalue weighted by atomic mass is 14.9. The van der Waals surface area contributed by atoms with Crippen molar-refractivity contribution in [3.05, 3.63) is 59.9 Å². The predicted octanol–water partition coefficient (Wildman–Crippen LogP) is 2.72. The van der Waals surface area contributed by atoms with Crippen molar-refractivity contribution in [3.8, 4) is 0 Å². The molecule has 2 aromatic rings. The zero-order valence-corrected chi connectivity index (χ0v) is 10.2. The van der Waals surface area contributed by atoms with Crippen LogP contribution in [0.1, 0.15) is 11.3 Å². The number of nitrogens with one attached hydrogen (secondary N) is 1. The Morgan fingerprint density at radius 3 is 2.41 bits per heavy atom. The zero-order valence-electron chi connectivity index (χ0n) is 10.2. The summed E-state index contributed by atoms with van der Waals surface area (Å²) < 4.78 is 2.10. The van der Waals surface area contributed by atoms with Gasteiger partial charge in [-0.2, -0.15) is 0 Å². The van der Waals surface area contributed by atoms with Gasteiger partial charge in [-0.1, -0.05) is 12.1 Å². The minimum atomic E-state index is 1.13. The second-order valence-electron chi connectivity index (χ2n) is 3.94. The largest absolute Gasteiger partial charge is 0.388 e. The molecule has 1 heterocycles. The number of anilines is 1. The highest BCUT2D eigenvalue weighted by molar-refractivity contribution is 5.67. The summed E-state index contributed by atoms with van der Waals surface area (Å²) in [6, 6.07) is 14.5. The van der Waals surface area contributed by atoms with Gasteiger partial charge in [0, 0.05) is 30.9 Å². The number of benzene rings is 1. The van der Waals surface area contributed by atoms with E-state index in [4.69, 9.17) is 0 Å². The quantitative estimate of drug-likeness (QED) is 0.794. The van der Waals surface area contributed by atoms with Gasteiger partial charge >= 0.3 is 0 Å². The smallest absolute Gasteiger partial charge is 0.204 e. The van der Waals surface area contributed by atoms with Crippen molar-refractivity contribution >= 4 is 17.8 Å². The Kier molecular flexibility index (Phi) is 3.55. The number of aromatic nitrogens is 1. The first-order chi connectivity index (χ1) is 8.29. The number of pyridine rings is 1. The van der Waals surface area contributed by atoms with Crippen molar-refractivity contribution in [2.45, 2.75) is 0 Å². The Morgan fingerprint density at radius 2 is 1.76 bits per heavy atom. The van der Waals surface area contributed by atoms with E-state index in [1.54, 1.807) is 0 Å². The Hall–Kier alpha value is -2.09. The topological polar surface area (TPSA) is 15.9 Å². The Balaban J connectivity index is 2.17. The summed E-state index contributed by atoms with van der Waals surface area (Å²) in [6.07, 6.45) is 6.28. The van der Waals surface area contributed by atoms with E-state index in [0.29, 0.717) is 0 Å². The van der Waals surface area contributed by atoms with Crippen molar-refractivity contribution in [2.75, 3.05) is 12.4 Å². The molecule has 0 aliphatic carbocycles. The highest BCUT2D eigenvalue weighted by Crippen LogP contribution is 2.10. The SMILES string of the molecule is CNc1ccc(/C=C/c2cccc[n+]2C)cc1. The minimum Gasteiger partial charge on any atom is -0.388 e. The second kappa shape index (κ2) is 5.30. The Morgan fingerprint density at radius 1 is 1.00 bits per heavy atom. The molecule has 0 saturated heterocycles. The molecule has 0 aliphatic rings. The van der Waals surface area contributed by atoms with E-state index in [-0.39, 0.29) is 0 Å². The summed E-state index contributed by atoms with van der Waals surface area (Å²) in [6.45, 7) is 0. The molecule has 0 aliphatic heterocycles. The van der Waals surface area contributed by atoms with Crippen molar-refractivity contribution in [1.29, 1.82) is 0 Å². The molecule has 0 saturated carbocycles. The monoisotopic (exact) mass is 225 g/mol. The lowest BCUT2D eigenvalue weighted by atomic mass is 10.2. The third-order valence-electron chi connectivity index (χ3n) is 2.74. The molecule has 1 N–H and O–H groups in total. The molecule has 1 aromatic heterocycles. The van der Waals surface area contributed by atoms with Gasteiger partial charge in [0.1, 0.15) is 7.05 Å². The first-order valence-corrected chi connectivity index (χ1v) is 5.70. The van der Waals surface area contributed by atoms with Crippen LogP contribution >= 0.6 is 0 Å². The molecule has 17 heavy (non-hydrogen) atoms. The summed E-state index contributed by atoms with van der Waals surface area (Å²) in [4.78, 5) is 0. The fourth-order valence-corrected chi connectivity index (χ4v) is 1.65. The van der Waals surface area contributed by atoms with Crippen LogP contribution in [0.4, 0.5) is 5.69 Å². The van der Waals surface area contributed by atoms with Crippen LogP contribution in [0, 0.1) is 0 Å². The highest BCUT2D eigenvalue weighted by Gasteiger charge is 1.98. The lowest BCUT2D eigenvalue weighted by Crippen LogP contribution is -2.30. The van der Waals surface area contributed by atoms with Gasteiger partial charge in [-0.25, -0.2) is 4.57 Å². The van der Waals surface area contributed by atoms with Crippen LogP contribution in [0.25, 0.3) is 12.2 Å². The van der Waals surface area contributed by atoms with E-state index in [9.17, 15) is 0 Å². The molecule has 2 nitrogen and oxygen atoms in total. The predicted molar refractivity (Wildman–Crippen MR) is 72.5 cm³/mol. The van der Waals surface area contributed by atoms with Gasteiger partial charge in [0.15, 0.2) is 6.20 Å². The van der Waals surface area contributed by atoms with E-state index in [1.807, 2.05) is 32.4 Å². The standard InChI is InChI=1S/C15H16N2/c1-16-14-9-6-13(7-10-14)8-11-15-5-3-4-12-17(15)2/h3-12H,1-2H3/p+1. The fourth-order valence-electron chi connectivity index (χ4n) is 1.65. The molecule has 0 spiro atoms. The number of hydrogen-bond acceptors (Lipinski definition) is 1. The molecule has 86 valence electrons. The van der Waals surface area contributed by atoms with Gasteiger partial charge in [-0.15, -0.1) is 0 Å². The fraction of sp³-hybridized carbons (Fsp3) is 0.133. The molecular weight excluding hydrogens is 208 g/mol. The molecule has 0 amide bonds.